The molecule has 1 N–H and O–H groups in total. The molecule has 1 fully saturated rings. The first kappa shape index (κ1) is 12.9. The first-order valence-electron chi connectivity index (χ1n) is 6.86. The number of esters is 1. The zero-order valence-electron chi connectivity index (χ0n) is 11.7. The Hall–Kier alpha value is -1.13. The number of hydrogen-bond donors (Lipinski definition) is 1. The molecule has 4 heteroatoms. The third kappa shape index (κ3) is 2.23. The molecule has 3 unspecified atom stereocenters. The molecule has 0 radical (unpaired) electrons. The lowest BCUT2D eigenvalue weighted by atomic mass is 9.87. The minimum absolute atomic E-state index is 0.116. The summed E-state index contributed by atoms with van der Waals surface area (Å²) in [5.74, 6) is 0.353. The molecule has 3 atom stereocenters. The molecular weight excluding hydrogens is 244 g/mol. The molecule has 4 nitrogen and oxygen atoms in total. The number of fused-ring (bicyclic) bond motifs is 2. The lowest BCUT2D eigenvalue weighted by molar-refractivity contribution is -0.133. The Morgan fingerprint density at radius 2 is 2.11 bits per heavy atom. The van der Waals surface area contributed by atoms with Gasteiger partial charge in [-0.05, 0) is 52.5 Å². The second kappa shape index (κ2) is 3.93. The van der Waals surface area contributed by atoms with Gasteiger partial charge >= 0.3 is 5.97 Å². The molecule has 19 heavy (non-hydrogen) atoms. The number of epoxide rings is 1. The fourth-order valence-electron chi connectivity index (χ4n) is 2.94. The minimum atomic E-state index is -0.714. The van der Waals surface area contributed by atoms with Gasteiger partial charge in [-0.2, -0.15) is 0 Å². The van der Waals surface area contributed by atoms with Crippen LogP contribution in [0.3, 0.4) is 0 Å². The van der Waals surface area contributed by atoms with Gasteiger partial charge in [0.25, 0.3) is 0 Å². The van der Waals surface area contributed by atoms with Crippen molar-refractivity contribution in [3.8, 4) is 0 Å². The minimum Gasteiger partial charge on any atom is -0.423 e. The predicted octanol–water partition coefficient (Wildman–Crippen LogP) is 2.23. The number of rotatable bonds is 0. The maximum absolute atomic E-state index is 11.7. The number of aliphatic hydroxyl groups is 1. The number of allylic oxidation sites excluding steroid dienone is 1. The summed E-state index contributed by atoms with van der Waals surface area (Å²) in [6.07, 6.45) is 4.90. The highest BCUT2D eigenvalue weighted by Crippen LogP contribution is 2.46. The van der Waals surface area contributed by atoms with Gasteiger partial charge in [0.05, 0.1) is 11.7 Å². The van der Waals surface area contributed by atoms with Crippen molar-refractivity contribution in [2.24, 2.45) is 0 Å². The largest absolute Gasteiger partial charge is 0.423 e. The highest BCUT2D eigenvalue weighted by molar-refractivity contribution is 5.93. The lowest BCUT2D eigenvalue weighted by Crippen LogP contribution is -2.26. The summed E-state index contributed by atoms with van der Waals surface area (Å²) >= 11 is 0. The lowest BCUT2D eigenvalue weighted by Gasteiger charge is -2.24. The van der Waals surface area contributed by atoms with Crippen LogP contribution in [0, 0.1) is 0 Å². The molecule has 0 spiro atoms. The number of hydrogen-bond acceptors (Lipinski definition) is 4. The first-order valence-corrected chi connectivity index (χ1v) is 6.86. The van der Waals surface area contributed by atoms with Crippen LogP contribution in [0.2, 0.25) is 0 Å². The van der Waals surface area contributed by atoms with Gasteiger partial charge in [-0.25, -0.2) is 4.79 Å². The van der Waals surface area contributed by atoms with E-state index in [1.807, 2.05) is 19.9 Å². The standard InChI is InChI=1S/C15H20O4/c1-9-10-4-6-14(2,17)7-5-12-15(3,19-12)8-11(10)18-13(9)16/h8,12,17H,4-7H2,1-3H3. The van der Waals surface area contributed by atoms with Gasteiger partial charge < -0.3 is 14.6 Å². The zero-order valence-corrected chi connectivity index (χ0v) is 11.7. The van der Waals surface area contributed by atoms with Crippen molar-refractivity contribution in [2.75, 3.05) is 0 Å². The van der Waals surface area contributed by atoms with E-state index in [4.69, 9.17) is 9.47 Å². The van der Waals surface area contributed by atoms with Crippen LogP contribution in [-0.2, 0) is 14.3 Å². The van der Waals surface area contributed by atoms with E-state index in [-0.39, 0.29) is 17.7 Å². The Labute approximate surface area is 113 Å². The quantitative estimate of drug-likeness (QED) is 0.538. The van der Waals surface area contributed by atoms with Gasteiger partial charge in [-0.1, -0.05) is 0 Å². The Morgan fingerprint density at radius 1 is 1.37 bits per heavy atom. The molecule has 104 valence electrons. The van der Waals surface area contributed by atoms with Crippen LogP contribution < -0.4 is 0 Å². The van der Waals surface area contributed by atoms with Crippen molar-refractivity contribution in [1.82, 2.24) is 0 Å². The number of carbonyl (C=O) groups is 1. The molecule has 3 rings (SSSR count). The molecule has 1 saturated heterocycles. The van der Waals surface area contributed by atoms with Gasteiger partial charge in [0.1, 0.15) is 11.4 Å². The van der Waals surface area contributed by atoms with E-state index in [0.717, 1.165) is 18.4 Å². The summed E-state index contributed by atoms with van der Waals surface area (Å²) in [4.78, 5) is 11.7. The molecule has 0 amide bonds. The normalized spacial score (nSPS) is 42.2. The van der Waals surface area contributed by atoms with E-state index in [2.05, 4.69) is 0 Å². The van der Waals surface area contributed by atoms with Gasteiger partial charge in [-0.15, -0.1) is 0 Å². The Kier molecular flexibility index (Phi) is 2.67. The van der Waals surface area contributed by atoms with Crippen molar-refractivity contribution < 1.29 is 19.4 Å². The highest BCUT2D eigenvalue weighted by Gasteiger charge is 2.52. The second-order valence-corrected chi connectivity index (χ2v) is 6.33. The van der Waals surface area contributed by atoms with Crippen molar-refractivity contribution >= 4 is 5.97 Å². The van der Waals surface area contributed by atoms with Crippen LogP contribution in [-0.4, -0.2) is 28.4 Å². The molecule has 2 heterocycles. The van der Waals surface area contributed by atoms with Crippen LogP contribution in [0.15, 0.2) is 23.0 Å². The molecule has 0 aromatic heterocycles. The van der Waals surface area contributed by atoms with Crippen LogP contribution in [0.1, 0.15) is 46.5 Å². The monoisotopic (exact) mass is 264 g/mol. The topological polar surface area (TPSA) is 59.1 Å². The molecule has 0 bridgehead atoms. The zero-order chi connectivity index (χ0) is 13.8. The van der Waals surface area contributed by atoms with Crippen molar-refractivity contribution in [2.45, 2.75) is 63.8 Å². The highest BCUT2D eigenvalue weighted by atomic mass is 16.6. The van der Waals surface area contributed by atoms with Gasteiger partial charge in [0.2, 0.25) is 0 Å². The van der Waals surface area contributed by atoms with E-state index in [0.29, 0.717) is 24.2 Å². The molecule has 1 aliphatic carbocycles. The molecular formula is C15H20O4. The summed E-state index contributed by atoms with van der Waals surface area (Å²) in [7, 11) is 0. The molecule has 3 aliphatic rings. The summed E-state index contributed by atoms with van der Waals surface area (Å²) in [6.45, 7) is 5.64. The van der Waals surface area contributed by atoms with Gasteiger partial charge in [0.15, 0.2) is 0 Å². The fraction of sp³-hybridized carbons (Fsp3) is 0.667. The summed E-state index contributed by atoms with van der Waals surface area (Å²) in [6, 6.07) is 0. The van der Waals surface area contributed by atoms with E-state index < -0.39 is 5.60 Å². The summed E-state index contributed by atoms with van der Waals surface area (Å²) in [5.41, 5.74) is 0.513. The predicted molar refractivity (Wildman–Crippen MR) is 69.2 cm³/mol. The third-order valence-electron chi connectivity index (χ3n) is 4.51. The Bertz CT molecular complexity index is 500. The van der Waals surface area contributed by atoms with E-state index in [1.54, 1.807) is 6.92 Å². The van der Waals surface area contributed by atoms with Crippen molar-refractivity contribution in [3.63, 3.8) is 0 Å². The second-order valence-electron chi connectivity index (χ2n) is 6.33. The number of carbonyl (C=O) groups excluding carboxylic acids is 1. The molecule has 0 saturated carbocycles. The van der Waals surface area contributed by atoms with Crippen molar-refractivity contribution in [3.05, 3.63) is 23.0 Å². The number of ether oxygens (including phenoxy) is 2. The van der Waals surface area contributed by atoms with Crippen molar-refractivity contribution in [1.29, 1.82) is 0 Å². The van der Waals surface area contributed by atoms with Crippen LogP contribution in [0.25, 0.3) is 0 Å². The molecule has 0 aromatic carbocycles. The first-order chi connectivity index (χ1) is 8.81. The maximum Gasteiger partial charge on any atom is 0.339 e. The van der Waals surface area contributed by atoms with Gasteiger partial charge in [-0.3, -0.25) is 0 Å². The Morgan fingerprint density at radius 3 is 2.84 bits per heavy atom. The maximum atomic E-state index is 11.7. The smallest absolute Gasteiger partial charge is 0.339 e. The SMILES string of the molecule is CC1=C2CCC(C)(O)CCC3OC3(C)C=C2OC1=O. The molecule has 0 aromatic rings. The average Bonchev–Trinajstić information content (AvgIpc) is 2.88. The summed E-state index contributed by atoms with van der Waals surface area (Å²) < 4.78 is 11.0. The van der Waals surface area contributed by atoms with Crippen LogP contribution in [0.5, 0.6) is 0 Å². The molecule has 2 aliphatic heterocycles. The Balaban J connectivity index is 1.97. The third-order valence-corrected chi connectivity index (χ3v) is 4.51. The van der Waals surface area contributed by atoms with Crippen LogP contribution >= 0.6 is 0 Å². The van der Waals surface area contributed by atoms with E-state index in [9.17, 15) is 9.90 Å². The fourth-order valence-corrected chi connectivity index (χ4v) is 2.94. The van der Waals surface area contributed by atoms with Crippen LogP contribution in [0.4, 0.5) is 0 Å². The van der Waals surface area contributed by atoms with E-state index in [1.165, 1.54) is 0 Å². The van der Waals surface area contributed by atoms with E-state index >= 15 is 0 Å². The van der Waals surface area contributed by atoms with Gasteiger partial charge in [0, 0.05) is 11.1 Å². The average molecular weight is 264 g/mol. The summed E-state index contributed by atoms with van der Waals surface area (Å²) in [5, 5.41) is 10.4.